The van der Waals surface area contributed by atoms with Gasteiger partial charge in [-0.2, -0.15) is 0 Å². The van der Waals surface area contributed by atoms with E-state index in [4.69, 9.17) is 9.47 Å². The van der Waals surface area contributed by atoms with Crippen LogP contribution in [0.15, 0.2) is 0 Å². The summed E-state index contributed by atoms with van der Waals surface area (Å²) in [5, 5.41) is 19.8. The van der Waals surface area contributed by atoms with Crippen LogP contribution in [0.25, 0.3) is 0 Å². The van der Waals surface area contributed by atoms with E-state index >= 15 is 0 Å². The topological polar surface area (TPSA) is 134 Å². The highest BCUT2D eigenvalue weighted by Crippen LogP contribution is 2.29. The van der Waals surface area contributed by atoms with Gasteiger partial charge in [-0.1, -0.05) is 66.2 Å². The predicted molar refractivity (Wildman–Crippen MR) is 137 cm³/mol. The third kappa shape index (κ3) is 13.8. The molecule has 0 aliphatic heterocycles. The number of esters is 2. The monoisotopic (exact) mass is 516 g/mol. The Hall–Kier alpha value is -2.20. The fourth-order valence-corrected chi connectivity index (χ4v) is 3.93. The van der Waals surface area contributed by atoms with Gasteiger partial charge in [0.05, 0.1) is 32.8 Å². The first-order valence-corrected chi connectivity index (χ1v) is 13.4. The van der Waals surface area contributed by atoms with Crippen LogP contribution in [0.2, 0.25) is 0 Å². The Morgan fingerprint density at radius 2 is 1.11 bits per heavy atom. The molecule has 0 saturated heterocycles. The molecule has 0 saturated carbocycles. The molecule has 10 nitrogen and oxygen atoms in total. The van der Waals surface area contributed by atoms with Gasteiger partial charge in [-0.05, 0) is 25.7 Å². The number of carbonyl (C=O) groups excluding carboxylic acids is 2. The summed E-state index contributed by atoms with van der Waals surface area (Å²) >= 11 is 0. The molecule has 0 unspecified atom stereocenters. The number of carboxylic acids is 2. The Kier molecular flexibility index (Phi) is 18.7. The summed E-state index contributed by atoms with van der Waals surface area (Å²) in [7, 11) is 0. The van der Waals surface area contributed by atoms with Gasteiger partial charge in [0.1, 0.15) is 5.54 Å². The van der Waals surface area contributed by atoms with Crippen LogP contribution in [0, 0.1) is 0 Å². The molecular formula is C26H48N2O8. The van der Waals surface area contributed by atoms with Crippen molar-refractivity contribution >= 4 is 23.9 Å². The highest BCUT2D eigenvalue weighted by molar-refractivity contribution is 5.80. The summed E-state index contributed by atoms with van der Waals surface area (Å²) in [5.74, 6) is -3.15. The number of hydrogen-bond donors (Lipinski definition) is 2. The van der Waals surface area contributed by atoms with E-state index in [9.17, 15) is 29.4 Å². The molecule has 0 amide bonds. The van der Waals surface area contributed by atoms with Crippen molar-refractivity contribution in [3.8, 4) is 0 Å². The van der Waals surface area contributed by atoms with E-state index in [1.807, 2.05) is 27.7 Å². The lowest BCUT2D eigenvalue weighted by Crippen LogP contribution is -2.58. The third-order valence-electron chi connectivity index (χ3n) is 6.13. The van der Waals surface area contributed by atoms with Crippen LogP contribution in [0.5, 0.6) is 0 Å². The quantitative estimate of drug-likeness (QED) is 0.153. The lowest BCUT2D eigenvalue weighted by molar-refractivity contribution is -0.158. The van der Waals surface area contributed by atoms with Gasteiger partial charge < -0.3 is 19.7 Å². The van der Waals surface area contributed by atoms with Gasteiger partial charge in [-0.3, -0.25) is 29.0 Å². The van der Waals surface area contributed by atoms with Gasteiger partial charge in [0.15, 0.2) is 0 Å². The van der Waals surface area contributed by atoms with Gasteiger partial charge in [-0.15, -0.1) is 0 Å². The molecule has 0 heterocycles. The molecule has 0 spiro atoms. The van der Waals surface area contributed by atoms with Crippen molar-refractivity contribution in [1.29, 1.82) is 0 Å². The summed E-state index contributed by atoms with van der Waals surface area (Å²) in [4.78, 5) is 52.0. The van der Waals surface area contributed by atoms with Gasteiger partial charge in [-0.25, -0.2) is 0 Å². The van der Waals surface area contributed by atoms with E-state index in [0.717, 1.165) is 38.5 Å². The molecule has 0 aromatic carbocycles. The zero-order valence-electron chi connectivity index (χ0n) is 22.8. The number of rotatable bonds is 23. The smallest absolute Gasteiger partial charge is 0.324 e. The molecule has 0 aliphatic carbocycles. The highest BCUT2D eigenvalue weighted by atomic mass is 16.5. The maximum Gasteiger partial charge on any atom is 0.324 e. The van der Waals surface area contributed by atoms with Gasteiger partial charge in [0, 0.05) is 13.1 Å². The average Bonchev–Trinajstić information content (AvgIpc) is 2.82. The number of unbranched alkanes of at least 4 members (excludes halogenated alkanes) is 4. The van der Waals surface area contributed by atoms with Crippen LogP contribution in [-0.2, 0) is 28.7 Å². The summed E-state index contributed by atoms with van der Waals surface area (Å²) in [5.41, 5.74) is -1.33. The highest BCUT2D eigenvalue weighted by Gasteiger charge is 2.43. The zero-order chi connectivity index (χ0) is 27.4. The Balaban J connectivity index is 5.73. The minimum Gasteiger partial charge on any atom is -0.480 e. The number of ether oxygens (including phenoxy) is 2. The van der Waals surface area contributed by atoms with Crippen molar-refractivity contribution in [2.45, 2.75) is 97.4 Å². The van der Waals surface area contributed by atoms with E-state index in [1.54, 1.807) is 4.90 Å². The lowest BCUT2D eigenvalue weighted by Gasteiger charge is -2.41. The molecule has 0 atom stereocenters. The maximum absolute atomic E-state index is 12.6. The largest absolute Gasteiger partial charge is 0.480 e. The second-order valence-corrected chi connectivity index (χ2v) is 9.22. The second-order valence-electron chi connectivity index (χ2n) is 9.22. The minimum absolute atomic E-state index is 0.0660. The van der Waals surface area contributed by atoms with Crippen molar-refractivity contribution < 1.29 is 38.9 Å². The molecular weight excluding hydrogens is 468 g/mol. The van der Waals surface area contributed by atoms with Crippen molar-refractivity contribution in [3.05, 3.63) is 0 Å². The molecule has 0 aromatic heterocycles. The van der Waals surface area contributed by atoms with Crippen LogP contribution in [0.4, 0.5) is 0 Å². The third-order valence-corrected chi connectivity index (χ3v) is 6.13. The Morgan fingerprint density at radius 3 is 1.47 bits per heavy atom. The molecule has 0 fully saturated rings. The first kappa shape index (κ1) is 33.8. The molecule has 210 valence electrons. The predicted octanol–water partition coefficient (Wildman–Crippen LogP) is 3.57. The van der Waals surface area contributed by atoms with Gasteiger partial charge in [0.25, 0.3) is 0 Å². The van der Waals surface area contributed by atoms with E-state index in [2.05, 4.69) is 0 Å². The van der Waals surface area contributed by atoms with Crippen LogP contribution < -0.4 is 0 Å². The van der Waals surface area contributed by atoms with Crippen LogP contribution in [0.1, 0.15) is 91.9 Å². The Bertz CT molecular complexity index is 624. The first-order chi connectivity index (χ1) is 17.2. The molecule has 2 N–H and O–H groups in total. The van der Waals surface area contributed by atoms with Crippen LogP contribution in [-0.4, -0.2) is 95.4 Å². The summed E-state index contributed by atoms with van der Waals surface area (Å²) < 4.78 is 10.5. The van der Waals surface area contributed by atoms with Gasteiger partial charge >= 0.3 is 23.9 Å². The molecule has 0 radical (unpaired) electrons. The number of hydrogen-bond acceptors (Lipinski definition) is 8. The number of carbonyl (C=O) groups is 4. The molecule has 0 aliphatic rings. The van der Waals surface area contributed by atoms with E-state index in [0.29, 0.717) is 25.7 Å². The van der Waals surface area contributed by atoms with Crippen molar-refractivity contribution in [2.75, 3.05) is 45.9 Å². The number of aliphatic carboxylic acids is 2. The number of carboxylic acid groups (broad SMARTS) is 2. The lowest BCUT2D eigenvalue weighted by atomic mass is 9.85. The van der Waals surface area contributed by atoms with E-state index in [-0.39, 0.29) is 39.4 Å². The van der Waals surface area contributed by atoms with Crippen LogP contribution >= 0.6 is 0 Å². The fourth-order valence-electron chi connectivity index (χ4n) is 3.93. The standard InChI is InChI=1S/C26H48N2O8/c1-5-9-13-26(25(33)34,14-10-6-2)28(19-22(29)30)16-15-27(20-23(31)35-17-11-7-3)21-24(32)36-18-12-8-4/h5-21H2,1-4H3,(H,29,30)(H,33,34). The molecule has 0 aromatic rings. The van der Waals surface area contributed by atoms with Crippen LogP contribution in [0.3, 0.4) is 0 Å². The summed E-state index contributed by atoms with van der Waals surface area (Å²) in [6.07, 6.45) is 6.69. The Labute approximate surface area is 216 Å². The fraction of sp³-hybridized carbons (Fsp3) is 0.846. The number of nitrogens with zero attached hydrogens (tertiary/aromatic N) is 2. The molecule has 10 heteroatoms. The average molecular weight is 517 g/mol. The van der Waals surface area contributed by atoms with Crippen molar-refractivity contribution in [2.24, 2.45) is 0 Å². The summed E-state index contributed by atoms with van der Waals surface area (Å²) in [6.45, 7) is 7.85. The minimum atomic E-state index is -1.33. The molecule has 36 heavy (non-hydrogen) atoms. The van der Waals surface area contributed by atoms with Crippen molar-refractivity contribution in [3.63, 3.8) is 0 Å². The van der Waals surface area contributed by atoms with E-state index in [1.165, 1.54) is 4.90 Å². The van der Waals surface area contributed by atoms with Gasteiger partial charge in [0.2, 0.25) is 0 Å². The zero-order valence-corrected chi connectivity index (χ0v) is 22.8. The second kappa shape index (κ2) is 19.9. The first-order valence-electron chi connectivity index (χ1n) is 13.4. The normalized spacial score (nSPS) is 11.6. The Morgan fingerprint density at radius 1 is 0.667 bits per heavy atom. The maximum atomic E-state index is 12.6. The molecule has 0 bridgehead atoms. The molecule has 0 rings (SSSR count). The van der Waals surface area contributed by atoms with E-state index < -0.39 is 36.0 Å². The SMILES string of the molecule is CCCCOC(=O)CN(CCN(CC(=O)O)C(CCCC)(CCCC)C(=O)O)CC(=O)OCCCC. The van der Waals surface area contributed by atoms with Crippen molar-refractivity contribution in [1.82, 2.24) is 9.80 Å². The summed E-state index contributed by atoms with van der Waals surface area (Å²) in [6, 6.07) is 0.